The lowest BCUT2D eigenvalue weighted by Gasteiger charge is -2.24. The minimum Gasteiger partial charge on any atom is -0.295 e. The quantitative estimate of drug-likeness (QED) is 0.609. The van der Waals surface area contributed by atoms with Crippen LogP contribution in [0.25, 0.3) is 0 Å². The van der Waals surface area contributed by atoms with Crippen molar-refractivity contribution in [2.45, 2.75) is 26.2 Å². The molecule has 0 aromatic carbocycles. The van der Waals surface area contributed by atoms with Crippen LogP contribution in [0.1, 0.15) is 26.2 Å². The highest BCUT2D eigenvalue weighted by Gasteiger charge is 2.26. The van der Waals surface area contributed by atoms with E-state index < -0.39 is 0 Å². The van der Waals surface area contributed by atoms with Gasteiger partial charge in [-0.25, -0.2) is 0 Å². The Morgan fingerprint density at radius 2 is 2.43 bits per heavy atom. The van der Waals surface area contributed by atoms with E-state index in [4.69, 9.17) is 0 Å². The Balaban J connectivity index is 2.10. The van der Waals surface area contributed by atoms with Gasteiger partial charge in [-0.1, -0.05) is 24.3 Å². The summed E-state index contributed by atoms with van der Waals surface area (Å²) in [4.78, 5) is 10.9. The highest BCUT2D eigenvalue weighted by Crippen LogP contribution is 2.38. The van der Waals surface area contributed by atoms with E-state index in [1.165, 1.54) is 18.4 Å². The fraction of sp³-hybridized carbons (Fsp3) is 0.462. The highest BCUT2D eigenvalue weighted by atomic mass is 16.1. The van der Waals surface area contributed by atoms with Gasteiger partial charge in [-0.15, -0.1) is 0 Å². The van der Waals surface area contributed by atoms with Crippen LogP contribution in [0, 0.1) is 11.8 Å². The second-order valence-electron chi connectivity index (χ2n) is 4.16. The van der Waals surface area contributed by atoms with Gasteiger partial charge in [0.2, 0.25) is 0 Å². The third kappa shape index (κ3) is 1.87. The van der Waals surface area contributed by atoms with Crippen LogP contribution in [0.3, 0.4) is 0 Å². The number of fused-ring (bicyclic) bond motifs is 1. The molecule has 2 rings (SSSR count). The summed E-state index contributed by atoms with van der Waals surface area (Å²) in [6.07, 6.45) is 14.2. The van der Waals surface area contributed by atoms with Crippen molar-refractivity contribution in [3.63, 3.8) is 0 Å². The molecule has 0 aromatic heterocycles. The van der Waals surface area contributed by atoms with Gasteiger partial charge in [0, 0.05) is 0 Å². The molecule has 1 nitrogen and oxygen atoms in total. The number of hydrogen-bond acceptors (Lipinski definition) is 1. The second-order valence-corrected chi connectivity index (χ2v) is 4.16. The predicted octanol–water partition coefficient (Wildman–Crippen LogP) is 3.04. The smallest absolute Gasteiger partial charge is 0.152 e. The molecule has 0 N–H and O–H groups in total. The van der Waals surface area contributed by atoms with Crippen LogP contribution in [0.4, 0.5) is 0 Å². The Hall–Kier alpha value is -1.11. The predicted molar refractivity (Wildman–Crippen MR) is 57.9 cm³/mol. The molecule has 74 valence electrons. The molecule has 0 aromatic rings. The average Bonchev–Trinajstić information content (AvgIpc) is 2.62. The standard InChI is InChI=1S/C13H16O/c1-10(14)8-9-12-5-2-4-11-6-3-7-13(11)12/h2,4,6,8-9,12-13H,3,5,7H2,1H3/b9-8+. The van der Waals surface area contributed by atoms with E-state index in [1.54, 1.807) is 13.0 Å². The number of carbonyl (C=O) groups excluding carboxylic acids is 1. The van der Waals surface area contributed by atoms with E-state index in [0.29, 0.717) is 11.8 Å². The molecular weight excluding hydrogens is 172 g/mol. The normalized spacial score (nSPS) is 30.5. The van der Waals surface area contributed by atoms with Crippen molar-refractivity contribution in [2.75, 3.05) is 0 Å². The van der Waals surface area contributed by atoms with Crippen molar-refractivity contribution in [1.82, 2.24) is 0 Å². The molecule has 1 heteroatoms. The SMILES string of the molecule is CC(=O)/C=C/C1CC=CC2=CCCC21. The first-order valence-corrected chi connectivity index (χ1v) is 5.33. The summed E-state index contributed by atoms with van der Waals surface area (Å²) in [5.74, 6) is 1.39. The molecule has 0 amide bonds. The first kappa shape index (κ1) is 9.45. The van der Waals surface area contributed by atoms with Gasteiger partial charge in [0.1, 0.15) is 0 Å². The van der Waals surface area contributed by atoms with Gasteiger partial charge in [-0.2, -0.15) is 0 Å². The van der Waals surface area contributed by atoms with Gasteiger partial charge in [-0.3, -0.25) is 4.79 Å². The summed E-state index contributed by atoms with van der Waals surface area (Å²) < 4.78 is 0. The fourth-order valence-electron chi connectivity index (χ4n) is 2.40. The zero-order chi connectivity index (χ0) is 9.97. The maximum Gasteiger partial charge on any atom is 0.152 e. The first-order chi connectivity index (χ1) is 6.77. The maximum absolute atomic E-state index is 10.9. The van der Waals surface area contributed by atoms with Crippen LogP contribution in [-0.4, -0.2) is 5.78 Å². The molecule has 0 fully saturated rings. The largest absolute Gasteiger partial charge is 0.295 e. The van der Waals surface area contributed by atoms with Crippen LogP contribution in [-0.2, 0) is 4.79 Å². The number of hydrogen-bond donors (Lipinski definition) is 0. The second kappa shape index (κ2) is 3.95. The maximum atomic E-state index is 10.9. The minimum atomic E-state index is 0.156. The zero-order valence-electron chi connectivity index (χ0n) is 8.57. The molecule has 14 heavy (non-hydrogen) atoms. The topological polar surface area (TPSA) is 17.1 Å². The Kier molecular flexibility index (Phi) is 2.67. The Morgan fingerprint density at radius 3 is 3.21 bits per heavy atom. The minimum absolute atomic E-state index is 0.156. The average molecular weight is 188 g/mol. The van der Waals surface area contributed by atoms with Crippen LogP contribution < -0.4 is 0 Å². The summed E-state index contributed by atoms with van der Waals surface area (Å²) in [7, 11) is 0. The summed E-state index contributed by atoms with van der Waals surface area (Å²) in [5, 5.41) is 0. The van der Waals surface area contributed by atoms with Crippen molar-refractivity contribution >= 4 is 5.78 Å². The first-order valence-electron chi connectivity index (χ1n) is 5.33. The summed E-state index contributed by atoms with van der Waals surface area (Å²) in [5.41, 5.74) is 1.48. The summed E-state index contributed by atoms with van der Waals surface area (Å²) >= 11 is 0. The van der Waals surface area contributed by atoms with E-state index >= 15 is 0 Å². The highest BCUT2D eigenvalue weighted by molar-refractivity contribution is 5.87. The molecule has 0 aliphatic heterocycles. The number of ketones is 1. The molecular formula is C13H16O. The number of allylic oxidation sites excluding steroid dienone is 6. The van der Waals surface area contributed by atoms with Gasteiger partial charge in [-0.05, 0) is 49.7 Å². The van der Waals surface area contributed by atoms with Crippen LogP contribution in [0.2, 0.25) is 0 Å². The van der Waals surface area contributed by atoms with E-state index in [9.17, 15) is 4.79 Å². The van der Waals surface area contributed by atoms with E-state index in [1.807, 2.05) is 0 Å². The van der Waals surface area contributed by atoms with Crippen LogP contribution in [0.5, 0.6) is 0 Å². The molecule has 0 radical (unpaired) electrons. The number of carbonyl (C=O) groups is 1. The van der Waals surface area contributed by atoms with Crippen LogP contribution in [0.15, 0.2) is 36.0 Å². The van der Waals surface area contributed by atoms with E-state index in [0.717, 1.165) is 6.42 Å². The lowest BCUT2D eigenvalue weighted by molar-refractivity contribution is -0.112. The molecule has 0 saturated carbocycles. The van der Waals surface area contributed by atoms with Gasteiger partial charge in [0.05, 0.1) is 0 Å². The van der Waals surface area contributed by atoms with Gasteiger partial charge in [0.15, 0.2) is 5.78 Å². The monoisotopic (exact) mass is 188 g/mol. The fourth-order valence-corrected chi connectivity index (χ4v) is 2.40. The van der Waals surface area contributed by atoms with Crippen molar-refractivity contribution in [3.05, 3.63) is 36.0 Å². The molecule has 0 heterocycles. The summed E-state index contributed by atoms with van der Waals surface area (Å²) in [6.45, 7) is 1.61. The molecule has 2 aliphatic carbocycles. The zero-order valence-corrected chi connectivity index (χ0v) is 8.57. The molecule has 0 saturated heterocycles. The lowest BCUT2D eigenvalue weighted by atomic mass is 9.80. The molecule has 0 spiro atoms. The third-order valence-electron chi connectivity index (χ3n) is 3.10. The van der Waals surface area contributed by atoms with Gasteiger partial charge >= 0.3 is 0 Å². The molecule has 2 unspecified atom stereocenters. The van der Waals surface area contributed by atoms with Crippen molar-refractivity contribution in [2.24, 2.45) is 11.8 Å². The van der Waals surface area contributed by atoms with Crippen molar-refractivity contribution < 1.29 is 4.79 Å². The van der Waals surface area contributed by atoms with Gasteiger partial charge in [0.25, 0.3) is 0 Å². The summed E-state index contributed by atoms with van der Waals surface area (Å²) in [6, 6.07) is 0. The molecule has 0 bridgehead atoms. The van der Waals surface area contributed by atoms with E-state index in [-0.39, 0.29) is 5.78 Å². The Morgan fingerprint density at radius 1 is 1.57 bits per heavy atom. The van der Waals surface area contributed by atoms with Crippen molar-refractivity contribution in [3.8, 4) is 0 Å². The van der Waals surface area contributed by atoms with E-state index in [2.05, 4.69) is 24.3 Å². The Bertz CT molecular complexity index is 320. The number of rotatable bonds is 2. The van der Waals surface area contributed by atoms with Crippen LogP contribution >= 0.6 is 0 Å². The lowest BCUT2D eigenvalue weighted by Crippen LogP contribution is -2.14. The molecule has 2 aliphatic rings. The Labute approximate surface area is 85.2 Å². The third-order valence-corrected chi connectivity index (χ3v) is 3.10. The van der Waals surface area contributed by atoms with Gasteiger partial charge < -0.3 is 0 Å². The molecule has 2 atom stereocenters. The van der Waals surface area contributed by atoms with Crippen molar-refractivity contribution in [1.29, 1.82) is 0 Å².